The molecule has 0 amide bonds. The fourth-order valence-electron chi connectivity index (χ4n) is 2.54. The zero-order valence-electron chi connectivity index (χ0n) is 11.9. The van der Waals surface area contributed by atoms with Crippen LogP contribution in [0.1, 0.15) is 33.6 Å². The molecule has 1 aliphatic rings. The van der Waals surface area contributed by atoms with Crippen molar-refractivity contribution in [3.8, 4) is 0 Å². The second-order valence-electron chi connectivity index (χ2n) is 6.02. The molecule has 1 N–H and O–H groups in total. The van der Waals surface area contributed by atoms with E-state index in [0.717, 1.165) is 12.5 Å². The normalized spacial score (nSPS) is 20.2. The molecule has 1 aliphatic heterocycles. The van der Waals surface area contributed by atoms with Crippen molar-refractivity contribution >= 4 is 11.4 Å². The standard InChI is InChI=1S/C16H26N2/c1-13(2)11-17-15-6-8-16(9-7-15)18-10-4-5-14(3)12-18/h6-9,13-14,17H,4-5,10-12H2,1-3H3. The topological polar surface area (TPSA) is 15.3 Å². The lowest BCUT2D eigenvalue weighted by Gasteiger charge is -2.32. The van der Waals surface area contributed by atoms with E-state index in [4.69, 9.17) is 0 Å². The van der Waals surface area contributed by atoms with Gasteiger partial charge in [0.15, 0.2) is 0 Å². The van der Waals surface area contributed by atoms with E-state index < -0.39 is 0 Å². The van der Waals surface area contributed by atoms with E-state index in [1.807, 2.05) is 0 Å². The van der Waals surface area contributed by atoms with Gasteiger partial charge in [0.1, 0.15) is 0 Å². The minimum atomic E-state index is 0.688. The van der Waals surface area contributed by atoms with Crippen LogP contribution in [0.2, 0.25) is 0 Å². The van der Waals surface area contributed by atoms with Crippen molar-refractivity contribution in [1.82, 2.24) is 0 Å². The molecule has 0 saturated carbocycles. The Morgan fingerprint density at radius 1 is 1.28 bits per heavy atom. The van der Waals surface area contributed by atoms with Crippen LogP contribution >= 0.6 is 0 Å². The average Bonchev–Trinajstić information content (AvgIpc) is 2.37. The Bertz CT molecular complexity index is 356. The monoisotopic (exact) mass is 246 g/mol. The molecule has 1 saturated heterocycles. The van der Waals surface area contributed by atoms with Crippen LogP contribution in [0.15, 0.2) is 24.3 Å². The van der Waals surface area contributed by atoms with E-state index in [2.05, 4.69) is 55.3 Å². The molecule has 0 radical (unpaired) electrons. The molecule has 100 valence electrons. The van der Waals surface area contributed by atoms with Gasteiger partial charge in [-0.1, -0.05) is 20.8 Å². The lowest BCUT2D eigenvalue weighted by atomic mass is 10.00. The maximum absolute atomic E-state index is 3.46. The summed E-state index contributed by atoms with van der Waals surface area (Å²) in [7, 11) is 0. The average molecular weight is 246 g/mol. The van der Waals surface area contributed by atoms with E-state index in [1.54, 1.807) is 0 Å². The zero-order valence-corrected chi connectivity index (χ0v) is 11.9. The lowest BCUT2D eigenvalue weighted by molar-refractivity contribution is 0.447. The Hall–Kier alpha value is -1.18. The van der Waals surface area contributed by atoms with Crippen molar-refractivity contribution in [1.29, 1.82) is 0 Å². The number of hydrogen-bond acceptors (Lipinski definition) is 2. The molecule has 0 aliphatic carbocycles. The number of nitrogens with zero attached hydrogens (tertiary/aromatic N) is 1. The summed E-state index contributed by atoms with van der Waals surface area (Å²) < 4.78 is 0. The smallest absolute Gasteiger partial charge is 0.0367 e. The van der Waals surface area contributed by atoms with E-state index >= 15 is 0 Å². The molecule has 0 spiro atoms. The Morgan fingerprint density at radius 2 is 2.00 bits per heavy atom. The first-order valence-corrected chi connectivity index (χ1v) is 7.24. The van der Waals surface area contributed by atoms with Crippen molar-refractivity contribution < 1.29 is 0 Å². The Balaban J connectivity index is 1.94. The third-order valence-corrected chi connectivity index (χ3v) is 3.60. The van der Waals surface area contributed by atoms with E-state index in [0.29, 0.717) is 5.92 Å². The first-order chi connectivity index (χ1) is 8.65. The van der Waals surface area contributed by atoms with E-state index in [1.165, 1.54) is 37.3 Å². The largest absolute Gasteiger partial charge is 0.385 e. The Labute approximate surface area is 111 Å². The molecule has 1 unspecified atom stereocenters. The number of anilines is 2. The van der Waals surface area contributed by atoms with Crippen LogP contribution in [0.25, 0.3) is 0 Å². The molecule has 0 bridgehead atoms. The molecular formula is C16H26N2. The molecule has 1 heterocycles. The van der Waals surface area contributed by atoms with Gasteiger partial charge in [0.2, 0.25) is 0 Å². The van der Waals surface area contributed by atoms with Crippen molar-refractivity contribution in [3.63, 3.8) is 0 Å². The van der Waals surface area contributed by atoms with Crippen molar-refractivity contribution in [3.05, 3.63) is 24.3 Å². The summed E-state index contributed by atoms with van der Waals surface area (Å²) in [4.78, 5) is 2.51. The highest BCUT2D eigenvalue weighted by atomic mass is 15.1. The fourth-order valence-corrected chi connectivity index (χ4v) is 2.54. The fraction of sp³-hybridized carbons (Fsp3) is 0.625. The molecule has 0 aromatic heterocycles. The second-order valence-corrected chi connectivity index (χ2v) is 6.02. The molecular weight excluding hydrogens is 220 g/mol. The Kier molecular flexibility index (Phi) is 4.51. The minimum Gasteiger partial charge on any atom is -0.385 e. The molecule has 1 aromatic rings. The summed E-state index contributed by atoms with van der Waals surface area (Å²) in [5.74, 6) is 1.52. The van der Waals surface area contributed by atoms with Crippen molar-refractivity contribution in [2.24, 2.45) is 11.8 Å². The van der Waals surface area contributed by atoms with Crippen LogP contribution < -0.4 is 10.2 Å². The zero-order chi connectivity index (χ0) is 13.0. The molecule has 2 heteroatoms. The van der Waals surface area contributed by atoms with Crippen LogP contribution in [0.5, 0.6) is 0 Å². The number of hydrogen-bond donors (Lipinski definition) is 1. The highest BCUT2D eigenvalue weighted by molar-refractivity contribution is 5.55. The highest BCUT2D eigenvalue weighted by Crippen LogP contribution is 2.24. The summed E-state index contributed by atoms with van der Waals surface area (Å²) in [6.45, 7) is 10.3. The molecule has 2 nitrogen and oxygen atoms in total. The van der Waals surface area contributed by atoms with Gasteiger partial charge in [-0.15, -0.1) is 0 Å². The minimum absolute atomic E-state index is 0.688. The molecule has 1 fully saturated rings. The van der Waals surface area contributed by atoms with Gasteiger partial charge in [-0.2, -0.15) is 0 Å². The quantitative estimate of drug-likeness (QED) is 0.864. The van der Waals surface area contributed by atoms with Gasteiger partial charge in [-0.3, -0.25) is 0 Å². The van der Waals surface area contributed by atoms with Gasteiger partial charge in [0.25, 0.3) is 0 Å². The molecule has 2 rings (SSSR count). The highest BCUT2D eigenvalue weighted by Gasteiger charge is 2.16. The number of nitrogens with one attached hydrogen (secondary N) is 1. The van der Waals surface area contributed by atoms with Gasteiger partial charge < -0.3 is 10.2 Å². The third-order valence-electron chi connectivity index (χ3n) is 3.60. The Morgan fingerprint density at radius 3 is 2.61 bits per heavy atom. The number of piperidine rings is 1. The molecule has 18 heavy (non-hydrogen) atoms. The van der Waals surface area contributed by atoms with Crippen LogP contribution in [-0.2, 0) is 0 Å². The van der Waals surface area contributed by atoms with Crippen LogP contribution in [-0.4, -0.2) is 19.6 Å². The molecule has 1 aromatic carbocycles. The number of benzene rings is 1. The lowest BCUT2D eigenvalue weighted by Crippen LogP contribution is -2.34. The first-order valence-electron chi connectivity index (χ1n) is 7.24. The third kappa shape index (κ3) is 3.66. The predicted octanol–water partition coefficient (Wildman–Crippen LogP) is 3.99. The van der Waals surface area contributed by atoms with E-state index in [9.17, 15) is 0 Å². The van der Waals surface area contributed by atoms with Gasteiger partial charge in [0, 0.05) is 31.0 Å². The van der Waals surface area contributed by atoms with Gasteiger partial charge in [0.05, 0.1) is 0 Å². The molecule has 1 atom stereocenters. The maximum atomic E-state index is 3.46. The van der Waals surface area contributed by atoms with Gasteiger partial charge in [-0.25, -0.2) is 0 Å². The SMILES string of the molecule is CC(C)CNc1ccc(N2CCCC(C)C2)cc1. The van der Waals surface area contributed by atoms with Crippen LogP contribution in [0.3, 0.4) is 0 Å². The van der Waals surface area contributed by atoms with Crippen molar-refractivity contribution in [2.45, 2.75) is 33.6 Å². The van der Waals surface area contributed by atoms with Crippen LogP contribution in [0.4, 0.5) is 11.4 Å². The maximum Gasteiger partial charge on any atom is 0.0367 e. The van der Waals surface area contributed by atoms with Crippen LogP contribution in [0, 0.1) is 11.8 Å². The van der Waals surface area contributed by atoms with Crippen molar-refractivity contribution in [2.75, 3.05) is 29.9 Å². The summed E-state index contributed by atoms with van der Waals surface area (Å²) >= 11 is 0. The van der Waals surface area contributed by atoms with Gasteiger partial charge >= 0.3 is 0 Å². The second kappa shape index (κ2) is 6.12. The summed E-state index contributed by atoms with van der Waals surface area (Å²) in [5.41, 5.74) is 2.61. The first kappa shape index (κ1) is 13.3. The predicted molar refractivity (Wildman–Crippen MR) is 80.4 cm³/mol. The summed E-state index contributed by atoms with van der Waals surface area (Å²) in [6, 6.07) is 8.91. The number of rotatable bonds is 4. The van der Waals surface area contributed by atoms with E-state index in [-0.39, 0.29) is 0 Å². The van der Waals surface area contributed by atoms with Gasteiger partial charge in [-0.05, 0) is 48.9 Å². The summed E-state index contributed by atoms with van der Waals surface area (Å²) in [6.07, 6.45) is 2.71. The summed E-state index contributed by atoms with van der Waals surface area (Å²) in [5, 5.41) is 3.46.